The first-order chi connectivity index (χ1) is 47.9. The highest BCUT2D eigenvalue weighted by Crippen LogP contribution is 2.35. The van der Waals surface area contributed by atoms with Crippen LogP contribution in [0.4, 0.5) is 0 Å². The molecule has 0 amide bonds. The zero-order valence-corrected chi connectivity index (χ0v) is 52.4. The molecule has 2 aliphatic rings. The maximum Gasteiger partial charge on any atom is 0.338 e. The number of esters is 8. The zero-order valence-electron chi connectivity index (χ0n) is 52.4. The number of rotatable bonds is 26. The molecule has 9 aromatic rings. The van der Waals surface area contributed by atoms with Crippen molar-refractivity contribution in [3.8, 4) is 0 Å². The molecule has 1 radical (unpaired) electrons. The van der Waals surface area contributed by atoms with Crippen molar-refractivity contribution in [1.82, 2.24) is 0 Å². The zero-order chi connectivity index (χ0) is 68.0. The summed E-state index contributed by atoms with van der Waals surface area (Å²) in [5, 5.41) is 0. The first-order valence-corrected chi connectivity index (χ1v) is 31.4. The van der Waals surface area contributed by atoms with Gasteiger partial charge in [0.1, 0.15) is 25.4 Å². The molecular formula is C78H65O20. The maximum absolute atomic E-state index is 14.6. The summed E-state index contributed by atoms with van der Waals surface area (Å²) in [5.41, 5.74) is 1.41. The molecule has 0 aromatic heterocycles. The van der Waals surface area contributed by atoms with E-state index < -0.39 is 135 Å². The van der Waals surface area contributed by atoms with Crippen molar-refractivity contribution in [1.29, 1.82) is 0 Å². The Labute approximate surface area is 563 Å². The lowest BCUT2D eigenvalue weighted by Gasteiger charge is -2.45. The monoisotopic (exact) mass is 1320 g/mol. The van der Waals surface area contributed by atoms with Gasteiger partial charge in [0, 0.05) is 6.42 Å². The average molecular weight is 1320 g/mol. The number of carbonyl (C=O) groups is 8. The smallest absolute Gasteiger partial charge is 0.338 e. The normalized spacial score (nSPS) is 20.5. The summed E-state index contributed by atoms with van der Waals surface area (Å²) in [6.45, 7) is -1.81. The highest BCUT2D eigenvalue weighted by atomic mass is 16.8. The lowest BCUT2D eigenvalue weighted by molar-refractivity contribution is -0.309. The molecule has 20 heteroatoms. The van der Waals surface area contributed by atoms with Crippen LogP contribution in [0.2, 0.25) is 0 Å². The number of ether oxygens (including phenoxy) is 12. The largest absolute Gasteiger partial charge is 0.459 e. The topological polar surface area (TPSA) is 247 Å². The van der Waals surface area contributed by atoms with E-state index in [0.29, 0.717) is 5.56 Å². The Bertz CT molecular complexity index is 4080. The fraction of sp³-hybridized carbons (Fsp3) is 0.192. The van der Waals surface area contributed by atoms with Gasteiger partial charge >= 0.3 is 47.8 Å². The average Bonchev–Trinajstić information content (AvgIpc) is 0.781. The van der Waals surface area contributed by atoms with E-state index in [1.54, 1.807) is 164 Å². The Kier molecular flexibility index (Phi) is 23.4. The Morgan fingerprint density at radius 1 is 0.296 bits per heavy atom. The molecule has 2 aliphatic heterocycles. The van der Waals surface area contributed by atoms with Gasteiger partial charge in [-0.25, -0.2) is 38.4 Å². The SMILES string of the molecule is O=C(OC[C@@H]1O[C@@H](OC[CH]C(Cc2ccccc2)O[C@@H]2O[C@@H](COC(=O)c3ccccc3)[C@H](OC(=O)c3ccccc3)[C@@H](OC(=O)c3ccccc3)[C@H]2OC(=O)c2ccccc2)[C@H](OC(=O)c2ccccc2)[C@H](OC(=O)c2ccccc2)[C@H]1OC(=O)c1ccccc1)c1ccccc1. The molecule has 497 valence electrons. The van der Waals surface area contributed by atoms with Gasteiger partial charge in [0.05, 0.1) is 57.2 Å². The van der Waals surface area contributed by atoms with Crippen LogP contribution in [0.3, 0.4) is 0 Å². The standard InChI is InChI=1S/C78H65O20/c79-69(52-30-12-2-13-31-52)88-49-61-63(93-71(81)54-34-16-4-17-35-54)65(95-73(83)56-38-20-6-21-39-56)67(97-75(85)58-42-24-8-25-43-58)77(91-61)87-47-46-60(48-51-28-10-1-11-29-51)90-78-68(98-76(86)59-44-26-9-27-45-59)66(96-74(84)57-40-22-7-23-41-57)64(94-72(82)55-36-18-5-19-37-55)62(92-78)50-89-70(80)53-32-14-3-15-33-53/h1-46,60-68,77-78H,47-50H2/t60?,61-,62-,63-,64-,65+,66+,67+,68+,77+,78+/m0/s1. The minimum atomic E-state index is -1.81. The van der Waals surface area contributed by atoms with Crippen molar-refractivity contribution >= 4 is 47.8 Å². The second-order valence-electron chi connectivity index (χ2n) is 22.4. The number of hydrogen-bond acceptors (Lipinski definition) is 20. The second kappa shape index (κ2) is 33.8. The van der Waals surface area contributed by atoms with Crippen molar-refractivity contribution in [3.63, 3.8) is 0 Å². The molecule has 9 aromatic carbocycles. The van der Waals surface area contributed by atoms with Crippen molar-refractivity contribution in [2.75, 3.05) is 19.8 Å². The molecule has 2 heterocycles. The fourth-order valence-electron chi connectivity index (χ4n) is 10.8. The van der Waals surface area contributed by atoms with Crippen LogP contribution < -0.4 is 0 Å². The number of carbonyl (C=O) groups excluding carboxylic acids is 8. The Morgan fingerprint density at radius 3 is 0.847 bits per heavy atom. The lowest BCUT2D eigenvalue weighted by atomic mass is 9.97. The summed E-state index contributed by atoms with van der Waals surface area (Å²) < 4.78 is 76.7. The molecule has 0 bridgehead atoms. The van der Waals surface area contributed by atoms with Crippen molar-refractivity contribution in [2.45, 2.75) is 73.9 Å². The summed E-state index contributed by atoms with van der Waals surface area (Å²) in [5.74, 6) is -7.16. The molecule has 0 spiro atoms. The first-order valence-electron chi connectivity index (χ1n) is 31.4. The minimum Gasteiger partial charge on any atom is -0.459 e. The van der Waals surface area contributed by atoms with Crippen LogP contribution >= 0.6 is 0 Å². The quantitative estimate of drug-likeness (QED) is 0.0361. The van der Waals surface area contributed by atoms with E-state index in [-0.39, 0.29) is 50.9 Å². The van der Waals surface area contributed by atoms with Gasteiger partial charge in [0.15, 0.2) is 49.2 Å². The highest BCUT2D eigenvalue weighted by Gasteiger charge is 2.56. The Balaban J connectivity index is 0.976. The predicted octanol–water partition coefficient (Wildman–Crippen LogP) is 11.4. The van der Waals surface area contributed by atoms with Crippen LogP contribution in [0.5, 0.6) is 0 Å². The number of benzene rings is 9. The van der Waals surface area contributed by atoms with E-state index in [1.165, 1.54) is 103 Å². The summed E-state index contributed by atoms with van der Waals surface area (Å²) in [6.07, 6.45) is -16.9. The molecule has 2 fully saturated rings. The van der Waals surface area contributed by atoms with Crippen LogP contribution in [0, 0.1) is 6.42 Å². The van der Waals surface area contributed by atoms with E-state index in [1.807, 2.05) is 12.1 Å². The molecule has 0 saturated carbocycles. The summed E-state index contributed by atoms with van der Waals surface area (Å²) in [7, 11) is 0. The van der Waals surface area contributed by atoms with E-state index in [2.05, 4.69) is 0 Å². The van der Waals surface area contributed by atoms with Gasteiger partial charge in [-0.05, 0) is 109 Å². The number of hydrogen-bond donors (Lipinski definition) is 0. The van der Waals surface area contributed by atoms with Crippen LogP contribution in [0.15, 0.2) is 273 Å². The highest BCUT2D eigenvalue weighted by molar-refractivity contribution is 5.93. The van der Waals surface area contributed by atoms with Crippen LogP contribution in [-0.2, 0) is 63.3 Å². The molecular weight excluding hydrogens is 1260 g/mol. The minimum absolute atomic E-state index is 0.00277. The predicted molar refractivity (Wildman–Crippen MR) is 350 cm³/mol. The third-order valence-electron chi connectivity index (χ3n) is 15.7. The maximum atomic E-state index is 14.6. The van der Waals surface area contributed by atoms with Crippen molar-refractivity contribution in [2.24, 2.45) is 0 Å². The van der Waals surface area contributed by atoms with Crippen molar-refractivity contribution in [3.05, 3.63) is 329 Å². The summed E-state index contributed by atoms with van der Waals surface area (Å²) in [6, 6.07) is 72.4. The molecule has 11 atom stereocenters. The van der Waals surface area contributed by atoms with Gasteiger partial charge in [-0.3, -0.25) is 0 Å². The molecule has 11 rings (SSSR count). The van der Waals surface area contributed by atoms with Crippen LogP contribution in [0.1, 0.15) is 88.4 Å². The molecule has 20 nitrogen and oxygen atoms in total. The molecule has 98 heavy (non-hydrogen) atoms. The van der Waals surface area contributed by atoms with Gasteiger partial charge in [-0.2, -0.15) is 0 Å². The molecule has 0 N–H and O–H groups in total. The van der Waals surface area contributed by atoms with Gasteiger partial charge in [-0.15, -0.1) is 0 Å². The van der Waals surface area contributed by atoms with Crippen LogP contribution in [0.25, 0.3) is 0 Å². The molecule has 1 unspecified atom stereocenters. The van der Waals surface area contributed by atoms with E-state index in [4.69, 9.17) is 56.8 Å². The molecule has 0 aliphatic carbocycles. The van der Waals surface area contributed by atoms with Gasteiger partial charge in [0.2, 0.25) is 0 Å². The Morgan fingerprint density at radius 2 is 0.541 bits per heavy atom. The first kappa shape index (κ1) is 68.0. The molecule has 2 saturated heterocycles. The Hall–Kier alpha value is -11.4. The van der Waals surface area contributed by atoms with Gasteiger partial charge in [-0.1, -0.05) is 176 Å². The van der Waals surface area contributed by atoms with E-state index in [9.17, 15) is 38.4 Å². The van der Waals surface area contributed by atoms with Gasteiger partial charge in [0.25, 0.3) is 0 Å². The van der Waals surface area contributed by atoms with Crippen LogP contribution in [-0.4, -0.2) is 135 Å². The van der Waals surface area contributed by atoms with Gasteiger partial charge < -0.3 is 56.8 Å². The lowest BCUT2D eigenvalue weighted by Crippen LogP contribution is -2.63. The second-order valence-corrected chi connectivity index (χ2v) is 22.4. The summed E-state index contributed by atoms with van der Waals surface area (Å²) >= 11 is 0. The third kappa shape index (κ3) is 18.1. The van der Waals surface area contributed by atoms with Crippen molar-refractivity contribution < 1.29 is 95.2 Å². The summed E-state index contributed by atoms with van der Waals surface area (Å²) in [4.78, 5) is 114. The fourth-order valence-corrected chi connectivity index (χ4v) is 10.8. The van der Waals surface area contributed by atoms with E-state index >= 15 is 0 Å². The third-order valence-corrected chi connectivity index (χ3v) is 15.7. The van der Waals surface area contributed by atoms with E-state index in [0.717, 1.165) is 0 Å².